The molecule has 2 rings (SSSR count). The molecule has 2 aromatic rings. The van der Waals surface area contributed by atoms with Crippen LogP contribution in [0.3, 0.4) is 0 Å². The number of hydrogen-bond donors (Lipinski definition) is 0. The third-order valence-electron chi connectivity index (χ3n) is 2.21. The fourth-order valence-electron chi connectivity index (χ4n) is 1.49. The van der Waals surface area contributed by atoms with Crippen LogP contribution in [0.5, 0.6) is 5.75 Å². The molecular formula is C11H5ClF5NO. The Morgan fingerprint density at radius 1 is 1.16 bits per heavy atom. The van der Waals surface area contributed by atoms with Crippen LogP contribution in [0.4, 0.5) is 22.0 Å². The van der Waals surface area contributed by atoms with Gasteiger partial charge in [-0.2, -0.15) is 0 Å². The SMILES string of the molecule is FC(F)c1cc(Cl)c2cc(OC(F)(F)F)ccc2n1. The molecule has 0 aliphatic heterocycles. The lowest BCUT2D eigenvalue weighted by Crippen LogP contribution is -2.17. The summed E-state index contributed by atoms with van der Waals surface area (Å²) in [5.41, 5.74) is -0.473. The molecule has 0 amide bonds. The molecule has 0 aliphatic carbocycles. The first kappa shape index (κ1) is 13.8. The van der Waals surface area contributed by atoms with Crippen molar-refractivity contribution in [3.8, 4) is 5.75 Å². The van der Waals surface area contributed by atoms with E-state index in [-0.39, 0.29) is 15.9 Å². The largest absolute Gasteiger partial charge is 0.573 e. The van der Waals surface area contributed by atoms with Crippen molar-refractivity contribution in [3.63, 3.8) is 0 Å². The molecule has 0 fully saturated rings. The standard InChI is InChI=1S/C11H5ClF5NO/c12-7-4-9(10(13)14)18-8-2-1-5(3-6(7)8)19-11(15,16)17/h1-4,10H. The quantitative estimate of drug-likeness (QED) is 0.748. The Morgan fingerprint density at radius 3 is 2.42 bits per heavy atom. The van der Waals surface area contributed by atoms with Gasteiger partial charge in [0.05, 0.1) is 10.5 Å². The normalized spacial score (nSPS) is 12.2. The highest BCUT2D eigenvalue weighted by Crippen LogP contribution is 2.31. The van der Waals surface area contributed by atoms with Gasteiger partial charge < -0.3 is 4.74 Å². The summed E-state index contributed by atoms with van der Waals surface area (Å²) in [6.07, 6.45) is -7.65. The minimum absolute atomic E-state index is 0.0670. The van der Waals surface area contributed by atoms with Gasteiger partial charge in [0.25, 0.3) is 6.43 Å². The summed E-state index contributed by atoms with van der Waals surface area (Å²) in [5, 5.41) is -0.0132. The van der Waals surface area contributed by atoms with Crippen molar-refractivity contribution in [2.45, 2.75) is 12.8 Å². The zero-order valence-electron chi connectivity index (χ0n) is 9.01. The van der Waals surface area contributed by atoms with Gasteiger partial charge in [0, 0.05) is 5.39 Å². The number of hydrogen-bond acceptors (Lipinski definition) is 2. The lowest BCUT2D eigenvalue weighted by Gasteiger charge is -2.10. The summed E-state index contributed by atoms with van der Waals surface area (Å²) in [6.45, 7) is 0. The molecule has 0 saturated carbocycles. The minimum Gasteiger partial charge on any atom is -0.406 e. The van der Waals surface area contributed by atoms with E-state index in [0.29, 0.717) is 0 Å². The number of rotatable bonds is 2. The first-order chi connectivity index (χ1) is 8.76. The number of alkyl halides is 5. The van der Waals surface area contributed by atoms with Crippen molar-refractivity contribution in [3.05, 3.63) is 35.0 Å². The van der Waals surface area contributed by atoms with Crippen LogP contribution >= 0.6 is 11.6 Å². The number of halogens is 6. The average Bonchev–Trinajstić information content (AvgIpc) is 2.27. The number of nitrogens with zero attached hydrogens (tertiary/aromatic N) is 1. The first-order valence-corrected chi connectivity index (χ1v) is 5.28. The molecule has 0 aliphatic rings. The van der Waals surface area contributed by atoms with Gasteiger partial charge >= 0.3 is 6.36 Å². The predicted octanol–water partition coefficient (Wildman–Crippen LogP) is 4.72. The third-order valence-corrected chi connectivity index (χ3v) is 2.52. The minimum atomic E-state index is -4.84. The van der Waals surface area contributed by atoms with Crippen molar-refractivity contribution in [1.82, 2.24) is 4.98 Å². The molecule has 2 nitrogen and oxygen atoms in total. The molecule has 0 radical (unpaired) electrons. The number of ether oxygens (including phenoxy) is 1. The highest BCUT2D eigenvalue weighted by molar-refractivity contribution is 6.35. The van der Waals surface area contributed by atoms with Gasteiger partial charge in [-0.15, -0.1) is 13.2 Å². The van der Waals surface area contributed by atoms with E-state index in [4.69, 9.17) is 11.6 Å². The molecule has 1 aromatic carbocycles. The first-order valence-electron chi connectivity index (χ1n) is 4.90. The Hall–Kier alpha value is -1.63. The van der Waals surface area contributed by atoms with Gasteiger partial charge in [-0.1, -0.05) is 11.6 Å². The van der Waals surface area contributed by atoms with Gasteiger partial charge in [-0.3, -0.25) is 0 Å². The lowest BCUT2D eigenvalue weighted by atomic mass is 10.2. The Bertz CT molecular complexity index is 614. The number of pyridine rings is 1. The molecule has 102 valence electrons. The van der Waals surface area contributed by atoms with E-state index in [1.165, 1.54) is 0 Å². The van der Waals surface area contributed by atoms with Crippen LogP contribution in [-0.2, 0) is 0 Å². The second-order valence-corrected chi connectivity index (χ2v) is 3.96. The average molecular weight is 298 g/mol. The van der Waals surface area contributed by atoms with E-state index >= 15 is 0 Å². The second-order valence-electron chi connectivity index (χ2n) is 3.56. The Morgan fingerprint density at radius 2 is 1.84 bits per heavy atom. The van der Waals surface area contributed by atoms with Gasteiger partial charge in [-0.25, -0.2) is 13.8 Å². The van der Waals surface area contributed by atoms with Crippen molar-refractivity contribution < 1.29 is 26.7 Å². The monoisotopic (exact) mass is 297 g/mol. The lowest BCUT2D eigenvalue weighted by molar-refractivity contribution is -0.274. The Kier molecular flexibility index (Phi) is 3.49. The smallest absolute Gasteiger partial charge is 0.406 e. The molecule has 8 heteroatoms. The van der Waals surface area contributed by atoms with Gasteiger partial charge in [0.15, 0.2) is 0 Å². The highest BCUT2D eigenvalue weighted by atomic mass is 35.5. The zero-order chi connectivity index (χ0) is 14.2. The Labute approximate surface area is 108 Å². The molecule has 0 saturated heterocycles. The molecular weight excluding hydrogens is 293 g/mol. The van der Waals surface area contributed by atoms with Crippen molar-refractivity contribution >= 4 is 22.5 Å². The molecule has 0 N–H and O–H groups in total. The third kappa shape index (κ3) is 3.23. The summed E-state index contributed by atoms with van der Waals surface area (Å²) < 4.78 is 64.8. The molecule has 1 heterocycles. The van der Waals surface area contributed by atoms with E-state index in [1.807, 2.05) is 0 Å². The fraction of sp³-hybridized carbons (Fsp3) is 0.182. The maximum Gasteiger partial charge on any atom is 0.573 e. The van der Waals surface area contributed by atoms with E-state index < -0.39 is 24.2 Å². The highest BCUT2D eigenvalue weighted by Gasteiger charge is 2.31. The summed E-state index contributed by atoms with van der Waals surface area (Å²) >= 11 is 5.74. The molecule has 1 aromatic heterocycles. The Balaban J connectivity index is 2.49. The topological polar surface area (TPSA) is 22.1 Å². The van der Waals surface area contributed by atoms with Crippen LogP contribution < -0.4 is 4.74 Å². The van der Waals surface area contributed by atoms with Crippen LogP contribution in [0.1, 0.15) is 12.1 Å². The molecule has 0 bridgehead atoms. The maximum absolute atomic E-state index is 12.5. The van der Waals surface area contributed by atoms with E-state index in [9.17, 15) is 22.0 Å². The summed E-state index contributed by atoms with van der Waals surface area (Å²) in [5.74, 6) is -0.492. The van der Waals surface area contributed by atoms with Crippen molar-refractivity contribution in [1.29, 1.82) is 0 Å². The maximum atomic E-state index is 12.5. The van der Waals surface area contributed by atoms with Gasteiger partial charge in [0.2, 0.25) is 0 Å². The summed E-state index contributed by atoms with van der Waals surface area (Å²) in [4.78, 5) is 3.60. The summed E-state index contributed by atoms with van der Waals surface area (Å²) in [7, 11) is 0. The molecule has 0 spiro atoms. The molecule has 0 unspecified atom stereocenters. The summed E-state index contributed by atoms with van der Waals surface area (Å²) in [6, 6.07) is 4.02. The van der Waals surface area contributed by atoms with Crippen LogP contribution in [0.2, 0.25) is 5.02 Å². The second kappa shape index (κ2) is 4.80. The molecule has 19 heavy (non-hydrogen) atoms. The molecule has 0 atom stereocenters. The number of benzene rings is 1. The van der Waals surface area contributed by atoms with Crippen molar-refractivity contribution in [2.24, 2.45) is 0 Å². The zero-order valence-corrected chi connectivity index (χ0v) is 9.77. The number of aromatic nitrogens is 1. The van der Waals surface area contributed by atoms with Gasteiger partial charge in [0.1, 0.15) is 11.4 Å². The van der Waals surface area contributed by atoms with Crippen LogP contribution in [0.15, 0.2) is 24.3 Å². The van der Waals surface area contributed by atoms with Crippen LogP contribution in [0, 0.1) is 0 Å². The van der Waals surface area contributed by atoms with E-state index in [0.717, 1.165) is 24.3 Å². The van der Waals surface area contributed by atoms with Gasteiger partial charge in [-0.05, 0) is 24.3 Å². The van der Waals surface area contributed by atoms with Crippen molar-refractivity contribution in [2.75, 3.05) is 0 Å². The van der Waals surface area contributed by atoms with E-state index in [1.54, 1.807) is 0 Å². The fourth-order valence-corrected chi connectivity index (χ4v) is 1.75. The van der Waals surface area contributed by atoms with Crippen LogP contribution in [0.25, 0.3) is 10.9 Å². The predicted molar refractivity (Wildman–Crippen MR) is 58.4 cm³/mol. The van der Waals surface area contributed by atoms with Crippen LogP contribution in [-0.4, -0.2) is 11.3 Å². The number of fused-ring (bicyclic) bond motifs is 1. The van der Waals surface area contributed by atoms with E-state index in [2.05, 4.69) is 9.72 Å².